The van der Waals surface area contributed by atoms with Crippen LogP contribution in [0.25, 0.3) is 0 Å². The first-order valence-corrected chi connectivity index (χ1v) is 6.70. The van der Waals surface area contributed by atoms with Crippen molar-refractivity contribution in [2.75, 3.05) is 20.3 Å². The van der Waals surface area contributed by atoms with Crippen molar-refractivity contribution in [3.05, 3.63) is 23.4 Å². The van der Waals surface area contributed by atoms with Crippen molar-refractivity contribution in [3.8, 4) is 5.88 Å². The number of aromatic nitrogens is 1. The first-order chi connectivity index (χ1) is 8.81. The summed E-state index contributed by atoms with van der Waals surface area (Å²) in [7, 11) is 1.95. The predicted molar refractivity (Wildman–Crippen MR) is 70.8 cm³/mol. The molecule has 100 valence electrons. The molecule has 1 aliphatic heterocycles. The van der Waals surface area contributed by atoms with Gasteiger partial charge in [-0.2, -0.15) is 0 Å². The highest BCUT2D eigenvalue weighted by Gasteiger charge is 2.18. The summed E-state index contributed by atoms with van der Waals surface area (Å²) in [5.41, 5.74) is 2.34. The van der Waals surface area contributed by atoms with Gasteiger partial charge in [0.2, 0.25) is 5.88 Å². The Morgan fingerprint density at radius 3 is 3.06 bits per heavy atom. The molecule has 0 bridgehead atoms. The Balaban J connectivity index is 2.10. The Labute approximate surface area is 109 Å². The molecule has 1 N–H and O–H groups in total. The smallest absolute Gasteiger partial charge is 0.214 e. The normalized spacial score (nSPS) is 19.1. The van der Waals surface area contributed by atoms with E-state index in [0.717, 1.165) is 44.0 Å². The number of ether oxygens (including phenoxy) is 2. The molecule has 0 amide bonds. The topological polar surface area (TPSA) is 43.4 Å². The zero-order valence-corrected chi connectivity index (χ0v) is 11.2. The summed E-state index contributed by atoms with van der Waals surface area (Å²) in [6, 6.07) is 4.17. The van der Waals surface area contributed by atoms with E-state index >= 15 is 0 Å². The summed E-state index contributed by atoms with van der Waals surface area (Å²) in [5, 5.41) is 3.17. The van der Waals surface area contributed by atoms with Gasteiger partial charge in [0.05, 0.1) is 13.2 Å². The van der Waals surface area contributed by atoms with Crippen molar-refractivity contribution in [3.63, 3.8) is 0 Å². The number of hydrogen-bond acceptors (Lipinski definition) is 4. The largest absolute Gasteiger partial charge is 0.472 e. The lowest BCUT2D eigenvalue weighted by Gasteiger charge is -2.13. The van der Waals surface area contributed by atoms with Crippen molar-refractivity contribution in [1.29, 1.82) is 0 Å². The predicted octanol–water partition coefficient (Wildman–Crippen LogP) is 1.92. The minimum atomic E-state index is 0.164. The van der Waals surface area contributed by atoms with Gasteiger partial charge in [-0.1, -0.05) is 13.3 Å². The molecule has 2 rings (SSSR count). The Kier molecular flexibility index (Phi) is 4.96. The molecule has 1 unspecified atom stereocenters. The van der Waals surface area contributed by atoms with E-state index in [1.54, 1.807) is 0 Å². The maximum atomic E-state index is 5.89. The second kappa shape index (κ2) is 6.71. The molecular formula is C14H22N2O2. The van der Waals surface area contributed by atoms with Crippen LogP contribution in [-0.2, 0) is 17.7 Å². The monoisotopic (exact) mass is 250 g/mol. The molecule has 1 fully saturated rings. The van der Waals surface area contributed by atoms with E-state index in [1.807, 2.05) is 13.1 Å². The van der Waals surface area contributed by atoms with Crippen molar-refractivity contribution >= 4 is 0 Å². The average molecular weight is 250 g/mol. The summed E-state index contributed by atoms with van der Waals surface area (Å²) < 4.78 is 11.2. The van der Waals surface area contributed by atoms with E-state index in [1.165, 1.54) is 5.56 Å². The first-order valence-electron chi connectivity index (χ1n) is 6.70. The quantitative estimate of drug-likeness (QED) is 0.837. The third-order valence-corrected chi connectivity index (χ3v) is 2.98. The third-order valence-electron chi connectivity index (χ3n) is 2.98. The summed E-state index contributed by atoms with van der Waals surface area (Å²) in [6.07, 6.45) is 3.22. The Hall–Kier alpha value is -1.13. The van der Waals surface area contributed by atoms with Gasteiger partial charge < -0.3 is 14.8 Å². The molecule has 18 heavy (non-hydrogen) atoms. The van der Waals surface area contributed by atoms with Crippen LogP contribution in [0.1, 0.15) is 31.0 Å². The first kappa shape index (κ1) is 13.3. The lowest BCUT2D eigenvalue weighted by molar-refractivity contribution is 0.138. The highest BCUT2D eigenvalue weighted by Crippen LogP contribution is 2.18. The molecule has 4 nitrogen and oxygen atoms in total. The second-order valence-corrected chi connectivity index (χ2v) is 4.69. The van der Waals surface area contributed by atoms with Crippen LogP contribution in [0.15, 0.2) is 12.1 Å². The van der Waals surface area contributed by atoms with E-state index in [9.17, 15) is 0 Å². The van der Waals surface area contributed by atoms with Crippen LogP contribution in [0, 0.1) is 0 Å². The molecule has 4 heteroatoms. The van der Waals surface area contributed by atoms with Gasteiger partial charge in [0, 0.05) is 24.7 Å². The van der Waals surface area contributed by atoms with Crippen LogP contribution in [0.5, 0.6) is 5.88 Å². The zero-order valence-electron chi connectivity index (χ0n) is 11.2. The third kappa shape index (κ3) is 3.68. The van der Waals surface area contributed by atoms with E-state index in [4.69, 9.17) is 9.47 Å². The molecule has 0 aromatic carbocycles. The minimum Gasteiger partial charge on any atom is -0.472 e. The van der Waals surface area contributed by atoms with Crippen LogP contribution in [0.4, 0.5) is 0 Å². The SMILES string of the molecule is CCCc1cc(CNC)cc(OC2CCOC2)n1. The fraction of sp³-hybridized carbons (Fsp3) is 0.643. The number of nitrogens with zero attached hydrogens (tertiary/aromatic N) is 1. The van der Waals surface area contributed by atoms with Gasteiger partial charge in [-0.3, -0.25) is 0 Å². The summed E-state index contributed by atoms with van der Waals surface area (Å²) in [6.45, 7) is 4.48. The summed E-state index contributed by atoms with van der Waals surface area (Å²) >= 11 is 0. The Morgan fingerprint density at radius 2 is 2.39 bits per heavy atom. The molecule has 0 spiro atoms. The van der Waals surface area contributed by atoms with Gasteiger partial charge in [0.15, 0.2) is 0 Å². The van der Waals surface area contributed by atoms with Crippen LogP contribution in [0.2, 0.25) is 0 Å². The van der Waals surface area contributed by atoms with E-state index in [0.29, 0.717) is 6.61 Å². The molecule has 1 aliphatic rings. The lowest BCUT2D eigenvalue weighted by Crippen LogP contribution is -2.17. The number of aryl methyl sites for hydroxylation is 1. The van der Waals surface area contributed by atoms with Gasteiger partial charge in [-0.15, -0.1) is 0 Å². The number of rotatable bonds is 6. The van der Waals surface area contributed by atoms with Gasteiger partial charge in [-0.05, 0) is 25.1 Å². The molecule has 1 atom stereocenters. The Morgan fingerprint density at radius 1 is 1.50 bits per heavy atom. The molecular weight excluding hydrogens is 228 g/mol. The van der Waals surface area contributed by atoms with Crippen molar-refractivity contribution in [1.82, 2.24) is 10.3 Å². The molecule has 2 heterocycles. The van der Waals surface area contributed by atoms with Crippen LogP contribution in [0.3, 0.4) is 0 Å². The zero-order chi connectivity index (χ0) is 12.8. The molecule has 1 aromatic rings. The molecule has 0 aliphatic carbocycles. The molecule has 1 saturated heterocycles. The Bertz CT molecular complexity index is 352. The van der Waals surface area contributed by atoms with Gasteiger partial charge in [-0.25, -0.2) is 4.98 Å². The maximum Gasteiger partial charge on any atom is 0.214 e. The number of hydrogen-bond donors (Lipinski definition) is 1. The average Bonchev–Trinajstić information content (AvgIpc) is 2.82. The lowest BCUT2D eigenvalue weighted by atomic mass is 10.1. The minimum absolute atomic E-state index is 0.164. The van der Waals surface area contributed by atoms with Crippen LogP contribution >= 0.6 is 0 Å². The highest BCUT2D eigenvalue weighted by atomic mass is 16.5. The summed E-state index contributed by atoms with van der Waals surface area (Å²) in [4.78, 5) is 4.56. The highest BCUT2D eigenvalue weighted by molar-refractivity contribution is 5.25. The fourth-order valence-electron chi connectivity index (χ4n) is 2.15. The van der Waals surface area contributed by atoms with Gasteiger partial charge in [0.1, 0.15) is 6.10 Å². The van der Waals surface area contributed by atoms with Crippen molar-refractivity contribution in [2.45, 2.75) is 38.8 Å². The number of nitrogens with one attached hydrogen (secondary N) is 1. The van der Waals surface area contributed by atoms with Crippen LogP contribution < -0.4 is 10.1 Å². The van der Waals surface area contributed by atoms with Gasteiger partial charge >= 0.3 is 0 Å². The van der Waals surface area contributed by atoms with E-state index in [2.05, 4.69) is 23.3 Å². The van der Waals surface area contributed by atoms with Crippen molar-refractivity contribution in [2.24, 2.45) is 0 Å². The van der Waals surface area contributed by atoms with E-state index in [-0.39, 0.29) is 6.10 Å². The standard InChI is InChI=1S/C14H22N2O2/c1-3-4-12-7-11(9-15-2)8-14(16-12)18-13-5-6-17-10-13/h7-8,13,15H,3-6,9-10H2,1-2H3. The maximum absolute atomic E-state index is 5.89. The van der Waals surface area contributed by atoms with Crippen LogP contribution in [-0.4, -0.2) is 31.3 Å². The second-order valence-electron chi connectivity index (χ2n) is 4.69. The fourth-order valence-corrected chi connectivity index (χ4v) is 2.15. The molecule has 1 aromatic heterocycles. The van der Waals surface area contributed by atoms with Crippen molar-refractivity contribution < 1.29 is 9.47 Å². The van der Waals surface area contributed by atoms with Gasteiger partial charge in [0.25, 0.3) is 0 Å². The number of pyridine rings is 1. The molecule has 0 saturated carbocycles. The molecule has 0 radical (unpaired) electrons. The van der Waals surface area contributed by atoms with E-state index < -0.39 is 0 Å². The summed E-state index contributed by atoms with van der Waals surface area (Å²) in [5.74, 6) is 0.738.